The molecule has 64 heavy (non-hydrogen) atoms. The quantitative estimate of drug-likeness (QED) is 0.0975. The molecule has 1 amide bonds. The van der Waals surface area contributed by atoms with Crippen molar-refractivity contribution in [1.82, 2.24) is 35.5 Å². The third-order valence-electron chi connectivity index (χ3n) is 13.7. The Morgan fingerprint density at radius 3 is 2.55 bits per heavy atom. The summed E-state index contributed by atoms with van der Waals surface area (Å²) in [7, 11) is 0. The Hall–Kier alpha value is -5.42. The fourth-order valence-corrected chi connectivity index (χ4v) is 11.2. The van der Waals surface area contributed by atoms with Gasteiger partial charge in [0.05, 0.1) is 57.5 Å². The Bertz CT molecular complexity index is 2440. The van der Waals surface area contributed by atoms with Crippen LogP contribution >= 0.6 is 11.3 Å². The highest BCUT2D eigenvalue weighted by molar-refractivity contribution is 7.13. The summed E-state index contributed by atoms with van der Waals surface area (Å²) in [5.41, 5.74) is 7.22. The molecule has 3 aliphatic heterocycles. The molecule has 8 atom stereocenters. The van der Waals surface area contributed by atoms with E-state index in [0.29, 0.717) is 35.0 Å². The zero-order chi connectivity index (χ0) is 44.6. The number of aliphatic hydroxyl groups is 1. The Kier molecular flexibility index (Phi) is 12.7. The number of phenols is 1. The van der Waals surface area contributed by atoms with Crippen molar-refractivity contribution in [2.24, 2.45) is 17.8 Å². The lowest BCUT2D eigenvalue weighted by Gasteiger charge is -2.47. The highest BCUT2D eigenvalue weighted by atomic mass is 32.1. The summed E-state index contributed by atoms with van der Waals surface area (Å²) in [6.07, 6.45) is 0.605. The number of aryl methyl sites for hydroxylation is 1. The molecule has 16 heteroatoms. The largest absolute Gasteiger partial charge is 0.507 e. The highest BCUT2D eigenvalue weighted by Crippen LogP contribution is 2.41. The number of phenolic OH excluding ortho intramolecular Hbond substituents is 1. The molecule has 9 rings (SSSR count). The van der Waals surface area contributed by atoms with E-state index in [0.717, 1.165) is 85.4 Å². The number of thiazole rings is 1. The Labute approximate surface area is 378 Å². The molecule has 5 aromatic rings. The summed E-state index contributed by atoms with van der Waals surface area (Å²) in [5, 5.41) is 41.0. The Morgan fingerprint density at radius 1 is 0.984 bits per heavy atom. The van der Waals surface area contributed by atoms with Gasteiger partial charge in [0.1, 0.15) is 17.6 Å². The van der Waals surface area contributed by atoms with Crippen LogP contribution in [-0.2, 0) is 9.59 Å². The van der Waals surface area contributed by atoms with Crippen LogP contribution in [0.1, 0.15) is 75.9 Å². The molecule has 3 fully saturated rings. The fourth-order valence-electron chi connectivity index (χ4n) is 10.4. The van der Waals surface area contributed by atoms with Gasteiger partial charge in [0.2, 0.25) is 5.91 Å². The molecule has 0 radical (unpaired) electrons. The highest BCUT2D eigenvalue weighted by Gasteiger charge is 2.46. The summed E-state index contributed by atoms with van der Waals surface area (Å²) >= 11 is 1.60. The molecule has 2 unspecified atom stereocenters. The van der Waals surface area contributed by atoms with Gasteiger partial charge in [-0.2, -0.15) is 0 Å². The summed E-state index contributed by atoms with van der Waals surface area (Å²) in [4.78, 5) is 41.1. The van der Waals surface area contributed by atoms with Gasteiger partial charge in [-0.1, -0.05) is 50.2 Å². The van der Waals surface area contributed by atoms with Crippen LogP contribution < -0.4 is 20.3 Å². The minimum absolute atomic E-state index is 0.123. The number of aromatic hydroxyl groups is 1. The van der Waals surface area contributed by atoms with Crippen molar-refractivity contribution < 1.29 is 29.1 Å². The lowest BCUT2D eigenvalue weighted by molar-refractivity contribution is -0.134. The predicted molar refractivity (Wildman–Crippen MR) is 245 cm³/mol. The monoisotopic (exact) mass is 889 g/mol. The number of nitrogens with one attached hydrogen (secondary N) is 2. The van der Waals surface area contributed by atoms with E-state index < -0.39 is 23.9 Å². The normalized spacial score (nSPS) is 23.9. The number of carbonyl (C=O) groups excluding carboxylic acids is 2. The van der Waals surface area contributed by atoms with Crippen LogP contribution in [0.4, 0.5) is 11.5 Å². The van der Waals surface area contributed by atoms with Crippen LogP contribution in [-0.4, -0.2) is 122 Å². The Morgan fingerprint density at radius 2 is 1.78 bits per heavy atom. The topological polar surface area (TPSA) is 182 Å². The van der Waals surface area contributed by atoms with E-state index in [2.05, 4.69) is 45.7 Å². The lowest BCUT2D eigenvalue weighted by Crippen LogP contribution is -2.60. The van der Waals surface area contributed by atoms with E-state index in [1.165, 1.54) is 0 Å². The number of aliphatic hydroxyl groups excluding tert-OH is 1. The van der Waals surface area contributed by atoms with Crippen LogP contribution in [0.25, 0.3) is 21.7 Å². The van der Waals surface area contributed by atoms with Gasteiger partial charge in [-0.3, -0.25) is 19.4 Å². The molecule has 4 N–H and O–H groups in total. The number of para-hydroxylation sites is 1. The van der Waals surface area contributed by atoms with Crippen molar-refractivity contribution in [3.63, 3.8) is 0 Å². The SMILES string of the molecule is Cc1ncsc1-c1ccc([C@H](C)NC(=O)[C@@H]2C[C@@H](O)CC2C(=O)[C@@H](c2cc(O[C@@H](C)CN3CCC(N4CCN5c6cc(-c7ccccc7O)nnc6NC[C@H]5C4)C3)no2)C(C)C)cc1. The number of ketones is 1. The number of likely N-dealkylation sites (tertiary alicyclic amines) is 1. The zero-order valence-corrected chi connectivity index (χ0v) is 38.0. The van der Waals surface area contributed by atoms with Crippen molar-refractivity contribution in [2.45, 2.75) is 90.1 Å². The maximum absolute atomic E-state index is 14.4. The fraction of sp³-hybridized carbons (Fsp3) is 0.500. The molecule has 3 aromatic heterocycles. The average Bonchev–Trinajstić information content (AvgIpc) is 4.12. The molecule has 4 aliphatic rings. The number of fused-ring (bicyclic) bond motifs is 3. The second-order valence-electron chi connectivity index (χ2n) is 18.5. The van der Waals surface area contributed by atoms with Gasteiger partial charge < -0.3 is 35.0 Å². The van der Waals surface area contributed by atoms with Gasteiger partial charge in [0.15, 0.2) is 11.6 Å². The minimum atomic E-state index is -0.748. The number of amides is 1. The minimum Gasteiger partial charge on any atom is -0.507 e. The maximum Gasteiger partial charge on any atom is 0.254 e. The first kappa shape index (κ1) is 43.8. The van der Waals surface area contributed by atoms with Crippen LogP contribution in [0.5, 0.6) is 11.6 Å². The number of ether oxygens (including phenoxy) is 1. The number of aromatic nitrogens is 4. The number of benzene rings is 2. The van der Waals surface area contributed by atoms with E-state index in [9.17, 15) is 19.8 Å². The molecule has 1 aliphatic carbocycles. The van der Waals surface area contributed by atoms with Crippen molar-refractivity contribution in [3.05, 3.63) is 83.2 Å². The van der Waals surface area contributed by atoms with Gasteiger partial charge in [0, 0.05) is 62.9 Å². The predicted octanol–water partition coefficient (Wildman–Crippen LogP) is 6.30. The first-order chi connectivity index (χ1) is 30.9. The molecule has 0 spiro atoms. The second-order valence-corrected chi connectivity index (χ2v) is 19.3. The number of piperazine rings is 1. The third kappa shape index (κ3) is 9.10. The molecule has 338 valence electrons. The summed E-state index contributed by atoms with van der Waals surface area (Å²) < 4.78 is 12.1. The van der Waals surface area contributed by atoms with Gasteiger partial charge in [-0.25, -0.2) is 4.98 Å². The van der Waals surface area contributed by atoms with Gasteiger partial charge in [-0.15, -0.1) is 21.5 Å². The molecular formula is C48H59N9O6S. The molecule has 1 saturated carbocycles. The standard InChI is InChI=1S/C48H59N9O6S/c1-27(2)44(45(60)37-18-35(58)19-38(37)48(61)51-29(4)31-10-12-32(13-11-31)46-30(5)50-26-64-46)42-21-43(54-63-42)62-28(3)23-55-15-14-33(24-55)56-16-17-57-34(25-56)22-49-47-40(57)20-39(52-53-47)36-8-6-7-9-41(36)59/h6-13,20-21,26-29,33-35,37-38,44,58-59H,14-19,22-25H2,1-5H3,(H,49,53)(H,51,61)/t28-,29-,33?,34-,35-,37?,38+,44+/m0/s1. The number of Topliss-reactive ketones (excluding diaryl/α,β-unsaturated/α-hetero) is 1. The molecule has 2 saturated heterocycles. The van der Waals surface area contributed by atoms with Crippen molar-refractivity contribution in [2.75, 3.05) is 56.0 Å². The average molecular weight is 890 g/mol. The van der Waals surface area contributed by atoms with E-state index in [1.54, 1.807) is 29.5 Å². The number of hydrogen-bond acceptors (Lipinski definition) is 15. The molecule has 15 nitrogen and oxygen atoms in total. The van der Waals surface area contributed by atoms with Crippen LogP contribution in [0.15, 0.2) is 70.7 Å². The smallest absolute Gasteiger partial charge is 0.254 e. The van der Waals surface area contributed by atoms with E-state index >= 15 is 0 Å². The number of hydrogen-bond donors (Lipinski definition) is 4. The van der Waals surface area contributed by atoms with Gasteiger partial charge in [0.25, 0.3) is 5.88 Å². The van der Waals surface area contributed by atoms with Crippen LogP contribution in [0.2, 0.25) is 0 Å². The molecule has 2 aromatic carbocycles. The van der Waals surface area contributed by atoms with Crippen molar-refractivity contribution in [1.29, 1.82) is 0 Å². The summed E-state index contributed by atoms with van der Waals surface area (Å²) in [6, 6.07) is 19.5. The number of rotatable bonds is 14. The first-order valence-electron chi connectivity index (χ1n) is 22.7. The Balaban J connectivity index is 0.773. The van der Waals surface area contributed by atoms with Crippen molar-refractivity contribution in [3.8, 4) is 33.3 Å². The molecule has 0 bridgehead atoms. The van der Waals surface area contributed by atoms with Crippen molar-refractivity contribution >= 4 is 34.5 Å². The maximum atomic E-state index is 14.4. The van der Waals surface area contributed by atoms with Crippen LogP contribution in [0, 0.1) is 24.7 Å². The summed E-state index contributed by atoms with van der Waals surface area (Å²) in [5.74, 6) is -0.743. The lowest BCUT2D eigenvalue weighted by atomic mass is 9.79. The van der Waals surface area contributed by atoms with E-state index in [-0.39, 0.29) is 48.3 Å². The van der Waals surface area contributed by atoms with E-state index in [1.807, 2.05) is 82.6 Å². The van der Waals surface area contributed by atoms with E-state index in [4.69, 9.17) is 9.26 Å². The number of anilines is 2. The van der Waals surface area contributed by atoms with Crippen LogP contribution in [0.3, 0.4) is 0 Å². The number of nitrogens with zero attached hydrogens (tertiary/aromatic N) is 7. The third-order valence-corrected chi connectivity index (χ3v) is 14.7. The second kappa shape index (κ2) is 18.6. The first-order valence-corrected chi connectivity index (χ1v) is 23.6. The number of carbonyl (C=O) groups is 2. The van der Waals surface area contributed by atoms with Gasteiger partial charge >= 0.3 is 0 Å². The molecular weight excluding hydrogens is 831 g/mol. The zero-order valence-electron chi connectivity index (χ0n) is 37.2. The van der Waals surface area contributed by atoms with Gasteiger partial charge in [-0.05, 0) is 87.0 Å². The summed E-state index contributed by atoms with van der Waals surface area (Å²) in [6.45, 7) is 16.1. The molecule has 6 heterocycles.